The Morgan fingerprint density at radius 2 is 0.859 bits per heavy atom. The molecule has 0 spiro atoms. The predicted molar refractivity (Wildman–Crippen MR) is 280 cm³/mol. The van der Waals surface area contributed by atoms with Crippen LogP contribution in [0.4, 0.5) is 0 Å². The second kappa shape index (κ2) is 29.1. The molecule has 362 valence electrons. The molecule has 1 aromatic heterocycles. The first-order valence-corrected chi connectivity index (χ1v) is 25.7. The number of rotatable bonds is 31. The van der Waals surface area contributed by atoms with Crippen molar-refractivity contribution in [2.75, 3.05) is 122 Å². The number of hydrogen-bond acceptors (Lipinski definition) is 8. The largest absolute Gasteiger partial charge is 0.309 e. The highest BCUT2D eigenvalue weighted by atomic mass is 15.1. The Morgan fingerprint density at radius 3 is 1.27 bits per heavy atom. The lowest BCUT2D eigenvalue weighted by Gasteiger charge is -2.34. The van der Waals surface area contributed by atoms with Crippen LogP contribution in [0, 0.1) is 6.92 Å². The lowest BCUT2D eigenvalue weighted by atomic mass is 9.69. The fourth-order valence-corrected chi connectivity index (χ4v) is 9.67. The number of aromatic nitrogens is 2. The van der Waals surface area contributed by atoms with E-state index in [-0.39, 0.29) is 10.8 Å². The van der Waals surface area contributed by atoms with Crippen LogP contribution in [0.3, 0.4) is 0 Å². The standard InChI is InChI=1S/C54H92N8.C2H6/c1-45-43-56-52(44-55-45)46-25-27-48-49-28-26-47(53(2,3)4)42-51(49)54(50(48)41-46,29-17-13-15-19-35-61(37-21-31-57(5)6)38-22-32-58(7)8)30-18-14-16-20-36-62(39-23-33-59(9)10)40-24-34-60(11)12;1-2/h25-28,41-44H,13-24,29-40H2,1-12H3;1-2H3. The average Bonchev–Trinajstić information content (AvgIpc) is 3.51. The van der Waals surface area contributed by atoms with E-state index in [1.54, 1.807) is 5.56 Å². The molecule has 64 heavy (non-hydrogen) atoms. The lowest BCUT2D eigenvalue weighted by molar-refractivity contribution is 0.235. The van der Waals surface area contributed by atoms with Crippen molar-refractivity contribution in [3.63, 3.8) is 0 Å². The first-order valence-electron chi connectivity index (χ1n) is 25.7. The fourth-order valence-electron chi connectivity index (χ4n) is 9.67. The maximum atomic E-state index is 4.87. The van der Waals surface area contributed by atoms with Gasteiger partial charge in [0, 0.05) is 17.2 Å². The van der Waals surface area contributed by atoms with Gasteiger partial charge in [-0.2, -0.15) is 0 Å². The SMILES string of the molecule is CC.Cc1cnc(-c2ccc3c(c2)C(CCCCCCN(CCCN(C)C)CCCN(C)C)(CCCCCCN(CCCN(C)C)CCCN(C)C)c2cc(C(C)(C)C)ccc2-3)cn1. The molecule has 1 aliphatic rings. The van der Waals surface area contributed by atoms with Gasteiger partial charge in [0.1, 0.15) is 0 Å². The summed E-state index contributed by atoms with van der Waals surface area (Å²) >= 11 is 0. The molecule has 0 unspecified atom stereocenters. The first-order chi connectivity index (χ1) is 30.6. The Labute approximate surface area is 395 Å². The summed E-state index contributed by atoms with van der Waals surface area (Å²) in [5.41, 5.74) is 10.6. The highest BCUT2D eigenvalue weighted by Crippen LogP contribution is 2.55. The van der Waals surface area contributed by atoms with E-state index in [1.165, 1.54) is 157 Å². The van der Waals surface area contributed by atoms with E-state index in [0.29, 0.717) is 0 Å². The normalized spacial score (nSPS) is 13.4. The second-order valence-corrected chi connectivity index (χ2v) is 21.0. The number of aryl methyl sites for hydroxylation is 1. The zero-order valence-corrected chi connectivity index (χ0v) is 44.2. The van der Waals surface area contributed by atoms with Crippen LogP contribution >= 0.6 is 0 Å². The number of nitrogens with zero attached hydrogens (tertiary/aromatic N) is 8. The van der Waals surface area contributed by atoms with Crippen molar-refractivity contribution in [1.29, 1.82) is 0 Å². The Hall–Kier alpha value is -2.72. The van der Waals surface area contributed by atoms with Crippen LogP contribution in [-0.2, 0) is 10.8 Å². The molecule has 0 aliphatic heterocycles. The number of hydrogen-bond donors (Lipinski definition) is 0. The lowest BCUT2D eigenvalue weighted by Crippen LogP contribution is -2.31. The molecule has 0 saturated carbocycles. The third kappa shape index (κ3) is 18.9. The average molecular weight is 883 g/mol. The van der Waals surface area contributed by atoms with Crippen molar-refractivity contribution >= 4 is 0 Å². The minimum Gasteiger partial charge on any atom is -0.309 e. The summed E-state index contributed by atoms with van der Waals surface area (Å²) in [5.74, 6) is 0. The molecule has 8 nitrogen and oxygen atoms in total. The van der Waals surface area contributed by atoms with Gasteiger partial charge in [-0.15, -0.1) is 0 Å². The van der Waals surface area contributed by atoms with E-state index < -0.39 is 0 Å². The Bertz CT molecular complexity index is 1620. The topological polar surface area (TPSA) is 45.2 Å². The van der Waals surface area contributed by atoms with Crippen LogP contribution in [0.2, 0.25) is 0 Å². The summed E-state index contributed by atoms with van der Waals surface area (Å²) in [7, 11) is 17.6. The van der Waals surface area contributed by atoms with Crippen molar-refractivity contribution in [3.05, 3.63) is 71.2 Å². The Kier molecular flexibility index (Phi) is 25.3. The van der Waals surface area contributed by atoms with Gasteiger partial charge in [0.2, 0.25) is 0 Å². The highest BCUT2D eigenvalue weighted by Gasteiger charge is 2.43. The summed E-state index contributed by atoms with van der Waals surface area (Å²) in [4.78, 5) is 24.3. The third-order valence-electron chi connectivity index (χ3n) is 13.3. The van der Waals surface area contributed by atoms with Gasteiger partial charge in [0.15, 0.2) is 0 Å². The van der Waals surface area contributed by atoms with Gasteiger partial charge < -0.3 is 29.4 Å². The number of benzene rings is 2. The van der Waals surface area contributed by atoms with E-state index in [4.69, 9.17) is 4.98 Å². The molecular weight excluding hydrogens is 785 g/mol. The zero-order valence-electron chi connectivity index (χ0n) is 44.2. The first kappa shape index (κ1) is 55.6. The van der Waals surface area contributed by atoms with Gasteiger partial charge in [-0.25, -0.2) is 0 Å². The van der Waals surface area contributed by atoms with Crippen molar-refractivity contribution in [2.45, 2.75) is 142 Å². The maximum Gasteiger partial charge on any atom is 0.0885 e. The minimum absolute atomic E-state index is 0.00511. The van der Waals surface area contributed by atoms with Crippen molar-refractivity contribution < 1.29 is 0 Å². The molecule has 1 heterocycles. The van der Waals surface area contributed by atoms with Crippen LogP contribution < -0.4 is 0 Å². The summed E-state index contributed by atoms with van der Waals surface area (Å²) in [5, 5.41) is 0. The molecule has 4 rings (SSSR count). The molecule has 0 saturated heterocycles. The molecule has 0 fully saturated rings. The van der Waals surface area contributed by atoms with Crippen LogP contribution in [0.25, 0.3) is 22.4 Å². The molecular formula is C56H98N8. The van der Waals surface area contributed by atoms with Crippen molar-refractivity contribution in [1.82, 2.24) is 39.4 Å². The van der Waals surface area contributed by atoms with Crippen LogP contribution in [0.5, 0.6) is 0 Å². The predicted octanol–water partition coefficient (Wildman–Crippen LogP) is 11.4. The van der Waals surface area contributed by atoms with Gasteiger partial charge in [0.05, 0.1) is 17.6 Å². The monoisotopic (exact) mass is 883 g/mol. The van der Waals surface area contributed by atoms with Gasteiger partial charge in [0.25, 0.3) is 0 Å². The quantitative estimate of drug-likeness (QED) is 0.0592. The summed E-state index contributed by atoms with van der Waals surface area (Å²) in [6.45, 7) is 25.1. The molecule has 8 heteroatoms. The molecule has 2 aromatic carbocycles. The van der Waals surface area contributed by atoms with E-state index >= 15 is 0 Å². The van der Waals surface area contributed by atoms with Gasteiger partial charge in [-0.1, -0.05) is 103 Å². The van der Waals surface area contributed by atoms with Crippen LogP contribution in [0.15, 0.2) is 48.8 Å². The van der Waals surface area contributed by atoms with Crippen LogP contribution in [0.1, 0.15) is 147 Å². The number of unbranched alkanes of at least 4 members (excludes halogenated alkanes) is 6. The van der Waals surface area contributed by atoms with E-state index in [9.17, 15) is 0 Å². The van der Waals surface area contributed by atoms with E-state index in [2.05, 4.69) is 148 Å². The van der Waals surface area contributed by atoms with Crippen molar-refractivity contribution in [2.24, 2.45) is 0 Å². The molecule has 3 aromatic rings. The zero-order chi connectivity index (χ0) is 47.1. The van der Waals surface area contributed by atoms with E-state index in [1.807, 2.05) is 33.2 Å². The third-order valence-corrected chi connectivity index (χ3v) is 13.3. The number of fused-ring (bicyclic) bond motifs is 3. The molecule has 0 atom stereocenters. The van der Waals surface area contributed by atoms with Gasteiger partial charge in [-0.05, 0) is 219 Å². The Balaban J connectivity index is 0.00000537. The molecule has 0 amide bonds. The van der Waals surface area contributed by atoms with Crippen LogP contribution in [-0.4, -0.2) is 161 Å². The highest BCUT2D eigenvalue weighted by molar-refractivity contribution is 5.84. The molecule has 1 aliphatic carbocycles. The summed E-state index contributed by atoms with van der Waals surface area (Å²) in [6.07, 6.45) is 21.5. The maximum absolute atomic E-state index is 4.87. The second-order valence-electron chi connectivity index (χ2n) is 21.0. The van der Waals surface area contributed by atoms with E-state index in [0.717, 1.165) is 37.6 Å². The fraction of sp³-hybridized carbons (Fsp3) is 0.714. The molecule has 0 bridgehead atoms. The molecule has 0 radical (unpaired) electrons. The molecule has 0 N–H and O–H groups in total. The summed E-state index contributed by atoms with van der Waals surface area (Å²) < 4.78 is 0. The van der Waals surface area contributed by atoms with Gasteiger partial charge in [-0.3, -0.25) is 9.97 Å². The minimum atomic E-state index is -0.00511. The summed E-state index contributed by atoms with van der Waals surface area (Å²) in [6, 6.07) is 14.7. The smallest absolute Gasteiger partial charge is 0.0885 e. The Morgan fingerprint density at radius 1 is 0.453 bits per heavy atom. The van der Waals surface area contributed by atoms with Crippen molar-refractivity contribution in [3.8, 4) is 22.4 Å². The van der Waals surface area contributed by atoms with Gasteiger partial charge >= 0.3 is 0 Å².